The number of aromatic amines is 1. The first-order valence-electron chi connectivity index (χ1n) is 8.64. The number of amides is 1. The number of likely N-dealkylation sites (tertiary alicyclic amines) is 1. The van der Waals surface area contributed by atoms with Crippen LogP contribution in [0.2, 0.25) is 0 Å². The highest BCUT2D eigenvalue weighted by molar-refractivity contribution is 5.94. The molecule has 5 heteroatoms. The van der Waals surface area contributed by atoms with Gasteiger partial charge in [0.1, 0.15) is 6.26 Å². The van der Waals surface area contributed by atoms with Gasteiger partial charge in [0, 0.05) is 30.3 Å². The van der Waals surface area contributed by atoms with Crippen LogP contribution in [0.3, 0.4) is 0 Å². The lowest BCUT2D eigenvalue weighted by Crippen LogP contribution is -2.39. The van der Waals surface area contributed by atoms with Crippen molar-refractivity contribution in [1.29, 1.82) is 0 Å². The van der Waals surface area contributed by atoms with Crippen molar-refractivity contribution in [2.24, 2.45) is 0 Å². The van der Waals surface area contributed by atoms with Gasteiger partial charge in [-0.05, 0) is 31.4 Å². The Bertz CT molecular complexity index is 849. The summed E-state index contributed by atoms with van der Waals surface area (Å²) >= 11 is 0. The summed E-state index contributed by atoms with van der Waals surface area (Å²) in [5, 5.41) is 7.45. The molecule has 4 rings (SSSR count). The molecule has 1 aromatic carbocycles. The molecule has 0 aliphatic carbocycles. The molecule has 2 aromatic heterocycles. The monoisotopic (exact) mass is 335 g/mol. The molecule has 1 aliphatic heterocycles. The van der Waals surface area contributed by atoms with E-state index >= 15 is 0 Å². The molecule has 1 aliphatic rings. The molecular weight excluding hydrogens is 314 g/mol. The quantitative estimate of drug-likeness (QED) is 0.787. The Kier molecular flexibility index (Phi) is 4.14. The maximum atomic E-state index is 12.6. The van der Waals surface area contributed by atoms with E-state index in [9.17, 15) is 4.79 Å². The number of aryl methyl sites for hydroxylation is 1. The van der Waals surface area contributed by atoms with E-state index in [0.717, 1.165) is 36.2 Å². The van der Waals surface area contributed by atoms with Gasteiger partial charge in [0.15, 0.2) is 0 Å². The highest BCUT2D eigenvalue weighted by Crippen LogP contribution is 2.33. The molecule has 128 valence electrons. The Labute approximate surface area is 146 Å². The maximum Gasteiger partial charge on any atom is 0.257 e. The van der Waals surface area contributed by atoms with Gasteiger partial charge in [-0.3, -0.25) is 9.89 Å². The first kappa shape index (κ1) is 15.7. The fraction of sp³-hybridized carbons (Fsp3) is 0.300. The van der Waals surface area contributed by atoms with Crippen LogP contribution in [0.5, 0.6) is 0 Å². The molecule has 3 aromatic rings. The second kappa shape index (κ2) is 6.59. The average molecular weight is 335 g/mol. The Hall–Kier alpha value is -2.82. The summed E-state index contributed by atoms with van der Waals surface area (Å²) in [7, 11) is 0. The maximum absolute atomic E-state index is 12.6. The number of piperidine rings is 1. The van der Waals surface area contributed by atoms with E-state index in [0.29, 0.717) is 12.1 Å². The molecule has 0 radical (unpaired) electrons. The van der Waals surface area contributed by atoms with Gasteiger partial charge in [0.25, 0.3) is 5.91 Å². The first-order valence-corrected chi connectivity index (χ1v) is 8.64. The number of benzene rings is 1. The van der Waals surface area contributed by atoms with E-state index in [2.05, 4.69) is 41.4 Å². The van der Waals surface area contributed by atoms with E-state index < -0.39 is 0 Å². The number of aromatic nitrogens is 2. The van der Waals surface area contributed by atoms with Crippen molar-refractivity contribution in [2.75, 3.05) is 13.1 Å². The second-order valence-electron chi connectivity index (χ2n) is 6.67. The van der Waals surface area contributed by atoms with Gasteiger partial charge in [0.2, 0.25) is 0 Å². The standard InChI is InChI=1S/C20H21N3O2/c1-14-4-6-15(7-5-14)18-11-21-22-19(18)16-3-2-9-23(12-16)20(24)17-8-10-25-13-17/h4-8,10-11,13,16H,2-3,9,12H2,1H3,(H,21,22)/t16-/m0/s1. The lowest BCUT2D eigenvalue weighted by atomic mass is 9.90. The molecule has 1 fully saturated rings. The molecule has 1 saturated heterocycles. The van der Waals surface area contributed by atoms with Gasteiger partial charge in [-0.15, -0.1) is 0 Å². The van der Waals surface area contributed by atoms with Crippen LogP contribution in [-0.4, -0.2) is 34.1 Å². The zero-order valence-corrected chi connectivity index (χ0v) is 14.2. The van der Waals surface area contributed by atoms with Gasteiger partial charge < -0.3 is 9.32 Å². The number of furan rings is 1. The molecule has 3 heterocycles. The van der Waals surface area contributed by atoms with Crippen molar-refractivity contribution in [3.05, 3.63) is 65.9 Å². The van der Waals surface area contributed by atoms with Crippen molar-refractivity contribution < 1.29 is 9.21 Å². The van der Waals surface area contributed by atoms with Crippen molar-refractivity contribution in [1.82, 2.24) is 15.1 Å². The summed E-state index contributed by atoms with van der Waals surface area (Å²) in [5.74, 6) is 0.304. The number of nitrogens with zero attached hydrogens (tertiary/aromatic N) is 2. The SMILES string of the molecule is Cc1ccc(-c2cn[nH]c2[C@H]2CCCN(C(=O)c3ccoc3)C2)cc1. The number of hydrogen-bond donors (Lipinski definition) is 1. The third-order valence-electron chi connectivity index (χ3n) is 4.92. The zero-order valence-electron chi connectivity index (χ0n) is 14.2. The molecule has 25 heavy (non-hydrogen) atoms. The number of carbonyl (C=O) groups is 1. The van der Waals surface area contributed by atoms with Crippen LogP contribution in [0.4, 0.5) is 0 Å². The van der Waals surface area contributed by atoms with Gasteiger partial charge in [-0.25, -0.2) is 0 Å². The molecule has 0 unspecified atom stereocenters. The van der Waals surface area contributed by atoms with Gasteiger partial charge in [0.05, 0.1) is 18.0 Å². The van der Waals surface area contributed by atoms with Crippen LogP contribution >= 0.6 is 0 Å². The molecule has 0 saturated carbocycles. The van der Waals surface area contributed by atoms with Crippen LogP contribution in [0.25, 0.3) is 11.1 Å². The predicted octanol–water partition coefficient (Wildman–Crippen LogP) is 4.00. The molecule has 1 N–H and O–H groups in total. The summed E-state index contributed by atoms with van der Waals surface area (Å²) in [5.41, 5.74) is 5.26. The zero-order chi connectivity index (χ0) is 17.2. The summed E-state index contributed by atoms with van der Waals surface area (Å²) in [6.07, 6.45) is 6.98. The average Bonchev–Trinajstić information content (AvgIpc) is 3.34. The Morgan fingerprint density at radius 1 is 1.28 bits per heavy atom. The van der Waals surface area contributed by atoms with Crippen molar-refractivity contribution >= 4 is 5.91 Å². The Morgan fingerprint density at radius 3 is 2.88 bits per heavy atom. The number of carbonyl (C=O) groups excluding carboxylic acids is 1. The minimum Gasteiger partial charge on any atom is -0.472 e. The molecule has 0 bridgehead atoms. The normalized spacial score (nSPS) is 17.6. The van der Waals surface area contributed by atoms with Crippen LogP contribution in [0.15, 0.2) is 53.5 Å². The Morgan fingerprint density at radius 2 is 2.12 bits per heavy atom. The fourth-order valence-electron chi connectivity index (χ4n) is 3.54. The van der Waals surface area contributed by atoms with Crippen LogP contribution in [0.1, 0.15) is 40.4 Å². The molecule has 1 amide bonds. The van der Waals surface area contributed by atoms with Crippen LogP contribution in [-0.2, 0) is 0 Å². The third kappa shape index (κ3) is 3.09. The smallest absolute Gasteiger partial charge is 0.257 e. The lowest BCUT2D eigenvalue weighted by Gasteiger charge is -2.32. The number of hydrogen-bond acceptors (Lipinski definition) is 3. The van der Waals surface area contributed by atoms with Crippen molar-refractivity contribution in [3.63, 3.8) is 0 Å². The molecular formula is C20H21N3O2. The largest absolute Gasteiger partial charge is 0.472 e. The summed E-state index contributed by atoms with van der Waals surface area (Å²) < 4.78 is 5.05. The first-order chi connectivity index (χ1) is 12.2. The van der Waals surface area contributed by atoms with Gasteiger partial charge >= 0.3 is 0 Å². The molecule has 5 nitrogen and oxygen atoms in total. The van der Waals surface area contributed by atoms with Crippen molar-refractivity contribution in [2.45, 2.75) is 25.7 Å². The Balaban J connectivity index is 1.57. The minimum atomic E-state index is 0.0369. The molecule has 0 spiro atoms. The third-order valence-corrected chi connectivity index (χ3v) is 4.92. The van der Waals surface area contributed by atoms with E-state index in [4.69, 9.17) is 4.42 Å². The van der Waals surface area contributed by atoms with Gasteiger partial charge in [-0.1, -0.05) is 29.8 Å². The van der Waals surface area contributed by atoms with Gasteiger partial charge in [-0.2, -0.15) is 5.10 Å². The van der Waals surface area contributed by atoms with E-state index in [1.54, 1.807) is 12.3 Å². The highest BCUT2D eigenvalue weighted by atomic mass is 16.3. The van der Waals surface area contributed by atoms with E-state index in [-0.39, 0.29) is 11.8 Å². The summed E-state index contributed by atoms with van der Waals surface area (Å²) in [4.78, 5) is 14.5. The van der Waals surface area contributed by atoms with Crippen LogP contribution < -0.4 is 0 Å². The van der Waals surface area contributed by atoms with E-state index in [1.165, 1.54) is 11.8 Å². The number of H-pyrrole nitrogens is 1. The van der Waals surface area contributed by atoms with E-state index in [1.807, 2.05) is 11.1 Å². The van der Waals surface area contributed by atoms with Crippen LogP contribution in [0, 0.1) is 6.92 Å². The summed E-state index contributed by atoms with van der Waals surface area (Å²) in [6.45, 7) is 3.57. The predicted molar refractivity (Wildman–Crippen MR) is 95.3 cm³/mol. The number of rotatable bonds is 3. The molecule has 1 atom stereocenters. The minimum absolute atomic E-state index is 0.0369. The van der Waals surface area contributed by atoms with Crippen molar-refractivity contribution in [3.8, 4) is 11.1 Å². The lowest BCUT2D eigenvalue weighted by molar-refractivity contribution is 0.0705. The second-order valence-corrected chi connectivity index (χ2v) is 6.67. The fourth-order valence-corrected chi connectivity index (χ4v) is 3.54. The topological polar surface area (TPSA) is 62.1 Å². The summed E-state index contributed by atoms with van der Waals surface area (Å²) in [6, 6.07) is 10.2. The highest BCUT2D eigenvalue weighted by Gasteiger charge is 2.28. The number of nitrogens with one attached hydrogen (secondary N) is 1.